The zero-order valence-electron chi connectivity index (χ0n) is 13.9. The molecule has 7 nitrogen and oxygen atoms in total. The molecule has 0 spiro atoms. The van der Waals surface area contributed by atoms with E-state index in [1.54, 1.807) is 4.90 Å². The topological polar surface area (TPSA) is 76.2 Å². The van der Waals surface area contributed by atoms with Crippen molar-refractivity contribution in [3.05, 3.63) is 34.5 Å². The van der Waals surface area contributed by atoms with Gasteiger partial charge in [-0.2, -0.15) is 5.10 Å². The van der Waals surface area contributed by atoms with Crippen LogP contribution in [0.3, 0.4) is 0 Å². The molecule has 0 aliphatic carbocycles. The van der Waals surface area contributed by atoms with Crippen molar-refractivity contribution in [2.45, 2.75) is 46.3 Å². The molecule has 3 heterocycles. The molecule has 0 saturated heterocycles. The van der Waals surface area contributed by atoms with Gasteiger partial charge in [-0.05, 0) is 19.9 Å². The van der Waals surface area contributed by atoms with Gasteiger partial charge < -0.3 is 14.7 Å². The van der Waals surface area contributed by atoms with Gasteiger partial charge in [0.2, 0.25) is 5.91 Å². The Kier molecular flexibility index (Phi) is 4.47. The molecule has 0 unspecified atom stereocenters. The molecular weight excluding hydrogens is 294 g/mol. The molecule has 0 fully saturated rings. The third-order valence-corrected chi connectivity index (χ3v) is 4.32. The summed E-state index contributed by atoms with van der Waals surface area (Å²) in [6, 6.07) is 2.09. The number of hydrogen-bond acceptors (Lipinski definition) is 5. The Bertz CT molecular complexity index is 660. The summed E-state index contributed by atoms with van der Waals surface area (Å²) in [5, 5.41) is 11.8. The lowest BCUT2D eigenvalue weighted by atomic mass is 10.1. The summed E-state index contributed by atoms with van der Waals surface area (Å²) < 4.78 is 7.18. The van der Waals surface area contributed by atoms with Crippen LogP contribution in [-0.4, -0.2) is 39.3 Å². The van der Waals surface area contributed by atoms with Gasteiger partial charge in [0.25, 0.3) is 0 Å². The third kappa shape index (κ3) is 3.44. The van der Waals surface area contributed by atoms with Crippen molar-refractivity contribution in [1.82, 2.24) is 25.2 Å². The number of aryl methyl sites for hydroxylation is 3. The van der Waals surface area contributed by atoms with E-state index >= 15 is 0 Å². The van der Waals surface area contributed by atoms with Crippen molar-refractivity contribution in [3.63, 3.8) is 0 Å². The fraction of sp³-hybridized carbons (Fsp3) is 0.562. The Labute approximate surface area is 135 Å². The fourth-order valence-electron chi connectivity index (χ4n) is 2.85. The average Bonchev–Trinajstić information content (AvgIpc) is 3.10. The molecule has 7 heteroatoms. The van der Waals surface area contributed by atoms with E-state index in [9.17, 15) is 4.79 Å². The van der Waals surface area contributed by atoms with Crippen LogP contribution in [-0.2, 0) is 30.8 Å². The minimum Gasteiger partial charge on any atom is -0.361 e. The summed E-state index contributed by atoms with van der Waals surface area (Å²) >= 11 is 0. The van der Waals surface area contributed by atoms with Gasteiger partial charge in [0.1, 0.15) is 5.76 Å². The summed E-state index contributed by atoms with van der Waals surface area (Å²) in [5.41, 5.74) is 4.02. The maximum absolute atomic E-state index is 12.3. The molecule has 0 radical (unpaired) electrons. The summed E-state index contributed by atoms with van der Waals surface area (Å²) in [7, 11) is 1.82. The summed E-state index contributed by atoms with van der Waals surface area (Å²) in [5.74, 6) is 0.880. The van der Waals surface area contributed by atoms with Crippen LogP contribution in [0.4, 0.5) is 0 Å². The SMILES string of the molecule is Cc1noc(C)c1CN(C)C(=O)CCc1cc2n(n1)CCNC2. The second kappa shape index (κ2) is 6.54. The number of aromatic nitrogens is 3. The molecule has 1 N–H and O–H groups in total. The number of rotatable bonds is 5. The van der Waals surface area contributed by atoms with Crippen LogP contribution >= 0.6 is 0 Å². The van der Waals surface area contributed by atoms with E-state index in [0.717, 1.165) is 42.3 Å². The van der Waals surface area contributed by atoms with Gasteiger partial charge >= 0.3 is 0 Å². The first-order chi connectivity index (χ1) is 11.0. The molecule has 1 aliphatic heterocycles. The van der Waals surface area contributed by atoms with E-state index in [4.69, 9.17) is 4.52 Å². The Hall–Kier alpha value is -2.15. The van der Waals surface area contributed by atoms with Crippen molar-refractivity contribution in [2.75, 3.05) is 13.6 Å². The van der Waals surface area contributed by atoms with Crippen LogP contribution in [0.1, 0.15) is 34.8 Å². The van der Waals surface area contributed by atoms with E-state index in [1.807, 2.05) is 25.6 Å². The molecule has 0 atom stereocenters. The Morgan fingerprint density at radius 2 is 2.30 bits per heavy atom. The highest BCUT2D eigenvalue weighted by atomic mass is 16.5. The summed E-state index contributed by atoms with van der Waals surface area (Å²) in [6.45, 7) is 7.00. The normalized spacial score (nSPS) is 13.9. The molecule has 124 valence electrons. The van der Waals surface area contributed by atoms with Gasteiger partial charge in [0.05, 0.1) is 30.2 Å². The Morgan fingerprint density at radius 3 is 3.00 bits per heavy atom. The highest BCUT2D eigenvalue weighted by Crippen LogP contribution is 2.15. The van der Waals surface area contributed by atoms with Crippen LogP contribution in [0.5, 0.6) is 0 Å². The van der Waals surface area contributed by atoms with E-state index in [0.29, 0.717) is 19.4 Å². The number of nitrogens with one attached hydrogen (secondary N) is 1. The number of fused-ring (bicyclic) bond motifs is 1. The minimum absolute atomic E-state index is 0.106. The lowest BCUT2D eigenvalue weighted by molar-refractivity contribution is -0.130. The molecule has 3 rings (SSSR count). The fourth-order valence-corrected chi connectivity index (χ4v) is 2.85. The number of carbonyl (C=O) groups is 1. The zero-order valence-corrected chi connectivity index (χ0v) is 13.9. The molecule has 23 heavy (non-hydrogen) atoms. The van der Waals surface area contributed by atoms with Crippen molar-refractivity contribution in [3.8, 4) is 0 Å². The van der Waals surface area contributed by atoms with Crippen LogP contribution in [0.2, 0.25) is 0 Å². The third-order valence-electron chi connectivity index (χ3n) is 4.32. The second-order valence-corrected chi connectivity index (χ2v) is 6.08. The molecule has 2 aromatic heterocycles. The standard InChI is InChI=1S/C16H23N5O2/c1-11-15(12(2)23-19-11)10-20(3)16(22)5-4-13-8-14-9-17-6-7-21(14)18-13/h8,17H,4-7,9-10H2,1-3H3. The lowest BCUT2D eigenvalue weighted by Gasteiger charge is -2.16. The molecule has 2 aromatic rings. The largest absolute Gasteiger partial charge is 0.361 e. The molecule has 1 aliphatic rings. The Morgan fingerprint density at radius 1 is 1.48 bits per heavy atom. The van der Waals surface area contributed by atoms with Crippen molar-refractivity contribution < 1.29 is 9.32 Å². The first-order valence-electron chi connectivity index (χ1n) is 7.96. The molecule has 0 bridgehead atoms. The first kappa shape index (κ1) is 15.7. The first-order valence-corrected chi connectivity index (χ1v) is 7.96. The zero-order chi connectivity index (χ0) is 16.4. The lowest BCUT2D eigenvalue weighted by Crippen LogP contribution is -2.28. The van der Waals surface area contributed by atoms with Gasteiger partial charge in [-0.25, -0.2) is 0 Å². The van der Waals surface area contributed by atoms with Gasteiger partial charge in [0, 0.05) is 38.5 Å². The number of hydrogen-bond donors (Lipinski definition) is 1. The summed E-state index contributed by atoms with van der Waals surface area (Å²) in [4.78, 5) is 14.1. The number of nitrogens with zero attached hydrogens (tertiary/aromatic N) is 4. The van der Waals surface area contributed by atoms with Crippen molar-refractivity contribution in [2.24, 2.45) is 0 Å². The Balaban J connectivity index is 1.55. The molecular formula is C16H23N5O2. The van der Waals surface area contributed by atoms with E-state index in [2.05, 4.69) is 21.6 Å². The molecule has 0 saturated carbocycles. The predicted octanol–water partition coefficient (Wildman–Crippen LogP) is 1.18. The van der Waals surface area contributed by atoms with Gasteiger partial charge in [-0.3, -0.25) is 9.48 Å². The van der Waals surface area contributed by atoms with Crippen molar-refractivity contribution in [1.29, 1.82) is 0 Å². The highest BCUT2D eigenvalue weighted by molar-refractivity contribution is 5.76. The second-order valence-electron chi connectivity index (χ2n) is 6.08. The number of amides is 1. The van der Waals surface area contributed by atoms with Gasteiger partial charge in [0.15, 0.2) is 0 Å². The van der Waals surface area contributed by atoms with Gasteiger partial charge in [-0.15, -0.1) is 0 Å². The van der Waals surface area contributed by atoms with Crippen LogP contribution in [0, 0.1) is 13.8 Å². The maximum atomic E-state index is 12.3. The van der Waals surface area contributed by atoms with E-state index in [1.165, 1.54) is 5.69 Å². The quantitative estimate of drug-likeness (QED) is 0.896. The summed E-state index contributed by atoms with van der Waals surface area (Å²) in [6.07, 6.45) is 1.13. The minimum atomic E-state index is 0.106. The smallest absolute Gasteiger partial charge is 0.223 e. The van der Waals surface area contributed by atoms with Crippen LogP contribution in [0.25, 0.3) is 0 Å². The van der Waals surface area contributed by atoms with E-state index in [-0.39, 0.29) is 5.91 Å². The predicted molar refractivity (Wildman–Crippen MR) is 84.7 cm³/mol. The number of carbonyl (C=O) groups excluding carboxylic acids is 1. The van der Waals surface area contributed by atoms with Crippen LogP contribution < -0.4 is 5.32 Å². The molecule has 0 aromatic carbocycles. The maximum Gasteiger partial charge on any atom is 0.223 e. The monoisotopic (exact) mass is 317 g/mol. The average molecular weight is 317 g/mol. The van der Waals surface area contributed by atoms with Crippen LogP contribution in [0.15, 0.2) is 10.6 Å². The van der Waals surface area contributed by atoms with Gasteiger partial charge in [-0.1, -0.05) is 5.16 Å². The van der Waals surface area contributed by atoms with E-state index < -0.39 is 0 Å². The highest BCUT2D eigenvalue weighted by Gasteiger charge is 2.17. The molecule has 1 amide bonds. The van der Waals surface area contributed by atoms with Crippen molar-refractivity contribution >= 4 is 5.91 Å².